The molecule has 0 fully saturated rings. The average molecular weight is 691 g/mol. The highest BCUT2D eigenvalue weighted by Crippen LogP contribution is 2.62. The number of aromatic nitrogens is 2. The van der Waals surface area contributed by atoms with Gasteiger partial charge in [-0.05, 0) is 57.5 Å². The van der Waals surface area contributed by atoms with Gasteiger partial charge in [0.05, 0.1) is 16.6 Å². The van der Waals surface area contributed by atoms with Gasteiger partial charge in [0.2, 0.25) is 0 Å². The van der Waals surface area contributed by atoms with Crippen molar-refractivity contribution in [2.45, 2.75) is 17.8 Å². The van der Waals surface area contributed by atoms with Crippen LogP contribution in [0.3, 0.4) is 0 Å². The van der Waals surface area contributed by atoms with Crippen molar-refractivity contribution in [2.24, 2.45) is 0 Å². The smallest absolute Gasteiger partial charge is 0.140 e. The van der Waals surface area contributed by atoms with E-state index < -0.39 is 5.41 Å². The number of nitrogens with zero attached hydrogens (tertiary/aromatic N) is 2. The van der Waals surface area contributed by atoms with Crippen LogP contribution in [0.5, 0.6) is 11.5 Å². The third kappa shape index (κ3) is 4.55. The predicted octanol–water partition coefficient (Wildman–Crippen LogP) is 12.6. The Kier molecular flexibility index (Phi) is 6.90. The van der Waals surface area contributed by atoms with Crippen LogP contribution in [0, 0.1) is 0 Å². The standard InChI is InChI=1S/C51H34N2O/c1-2-14-33(15-3-1)34-28-30-35(31-29-34)48-41-20-6-10-26-46(41)52-50(53-48)37-17-12-16-36(32-37)38-21-13-25-45-49(38)54-47-27-11-9-24-44(47)51(45)42-22-7-4-18-39(42)40-19-5-8-23-43(40)51/h1-16,18-32,37H,17H2. The Morgan fingerprint density at radius 2 is 1.11 bits per heavy atom. The van der Waals surface area contributed by atoms with Crippen LogP contribution in [0.1, 0.15) is 46.0 Å². The first-order chi connectivity index (χ1) is 26.8. The lowest BCUT2D eigenvalue weighted by atomic mass is 9.65. The van der Waals surface area contributed by atoms with Crippen molar-refractivity contribution in [3.63, 3.8) is 0 Å². The highest BCUT2D eigenvalue weighted by molar-refractivity contribution is 5.93. The van der Waals surface area contributed by atoms with Gasteiger partial charge in [-0.2, -0.15) is 0 Å². The van der Waals surface area contributed by atoms with Crippen molar-refractivity contribution in [3.05, 3.63) is 222 Å². The molecule has 254 valence electrons. The number of hydrogen-bond donors (Lipinski definition) is 0. The lowest BCUT2D eigenvalue weighted by Crippen LogP contribution is -2.32. The molecule has 0 saturated carbocycles. The maximum absolute atomic E-state index is 6.99. The van der Waals surface area contributed by atoms with Crippen molar-refractivity contribution in [1.82, 2.24) is 9.97 Å². The Labute approximate surface area is 314 Å². The second kappa shape index (κ2) is 12.1. The number of rotatable bonds is 4. The van der Waals surface area contributed by atoms with Gasteiger partial charge in [0, 0.05) is 33.6 Å². The summed E-state index contributed by atoms with van der Waals surface area (Å²) in [4.78, 5) is 10.5. The van der Waals surface area contributed by atoms with E-state index in [9.17, 15) is 0 Å². The molecule has 7 aromatic carbocycles. The van der Waals surface area contributed by atoms with Crippen molar-refractivity contribution < 1.29 is 4.74 Å². The molecule has 0 radical (unpaired) electrons. The van der Waals surface area contributed by atoms with E-state index in [1.807, 2.05) is 0 Å². The number of hydrogen-bond acceptors (Lipinski definition) is 3. The zero-order valence-corrected chi connectivity index (χ0v) is 29.5. The molecule has 0 N–H and O–H groups in total. The first-order valence-corrected chi connectivity index (χ1v) is 18.7. The van der Waals surface area contributed by atoms with E-state index in [1.54, 1.807) is 0 Å². The summed E-state index contributed by atoms with van der Waals surface area (Å²) in [5.41, 5.74) is 14.5. The van der Waals surface area contributed by atoms with Gasteiger partial charge in [-0.3, -0.25) is 0 Å². The first kappa shape index (κ1) is 30.8. The van der Waals surface area contributed by atoms with Crippen LogP contribution < -0.4 is 4.74 Å². The maximum Gasteiger partial charge on any atom is 0.140 e. The van der Waals surface area contributed by atoms with Crippen LogP contribution in [0.15, 0.2) is 188 Å². The summed E-state index contributed by atoms with van der Waals surface area (Å²) in [5.74, 6) is 2.61. The van der Waals surface area contributed by atoms with Crippen LogP contribution in [0.4, 0.5) is 0 Å². The number of fused-ring (bicyclic) bond motifs is 10. The fourth-order valence-electron chi connectivity index (χ4n) is 9.08. The van der Waals surface area contributed by atoms with Crippen LogP contribution in [-0.4, -0.2) is 9.97 Å². The number of benzene rings is 7. The molecule has 3 heteroatoms. The topological polar surface area (TPSA) is 35.0 Å². The number of para-hydroxylation sites is 3. The summed E-state index contributed by atoms with van der Waals surface area (Å²) in [6.45, 7) is 0. The van der Waals surface area contributed by atoms with Crippen LogP contribution in [0.2, 0.25) is 0 Å². The van der Waals surface area contributed by atoms with Crippen molar-refractivity contribution >= 4 is 16.5 Å². The summed E-state index contributed by atoms with van der Waals surface area (Å²) >= 11 is 0. The largest absolute Gasteiger partial charge is 0.456 e. The SMILES string of the molecule is C1=CC(c2cccc3c2Oc2ccccc2C32c3ccccc3-c3ccccc32)=CC(c2nc(-c3ccc(-c4ccccc4)cc3)c3ccccc3n2)C1. The third-order valence-electron chi connectivity index (χ3n) is 11.5. The summed E-state index contributed by atoms with van der Waals surface area (Å²) < 4.78 is 6.99. The van der Waals surface area contributed by atoms with Gasteiger partial charge in [-0.25, -0.2) is 9.97 Å². The molecule has 11 rings (SSSR count). The predicted molar refractivity (Wildman–Crippen MR) is 219 cm³/mol. The Hall–Kier alpha value is -6.84. The molecule has 2 aliphatic carbocycles. The summed E-state index contributed by atoms with van der Waals surface area (Å²) in [6.07, 6.45) is 7.66. The van der Waals surface area contributed by atoms with E-state index in [0.29, 0.717) is 0 Å². The zero-order valence-electron chi connectivity index (χ0n) is 29.5. The molecule has 1 aliphatic heterocycles. The molecule has 1 unspecified atom stereocenters. The van der Waals surface area contributed by atoms with Crippen LogP contribution in [-0.2, 0) is 5.41 Å². The van der Waals surface area contributed by atoms with Gasteiger partial charge in [0.25, 0.3) is 0 Å². The summed E-state index contributed by atoms with van der Waals surface area (Å²) in [6, 6.07) is 60.6. The van der Waals surface area contributed by atoms with Crippen LogP contribution in [0.25, 0.3) is 50.0 Å². The lowest BCUT2D eigenvalue weighted by Gasteiger charge is -2.40. The lowest BCUT2D eigenvalue weighted by molar-refractivity contribution is 0.435. The Balaban J connectivity index is 1.05. The molecule has 8 aromatic rings. The fraction of sp³-hybridized carbons (Fsp3) is 0.0588. The molecule has 0 bridgehead atoms. The summed E-state index contributed by atoms with van der Waals surface area (Å²) in [5, 5.41) is 1.05. The molecule has 1 aromatic heterocycles. The minimum atomic E-state index is -0.502. The zero-order chi connectivity index (χ0) is 35.6. The quantitative estimate of drug-likeness (QED) is 0.184. The second-order valence-electron chi connectivity index (χ2n) is 14.4. The molecule has 3 aliphatic rings. The second-order valence-corrected chi connectivity index (χ2v) is 14.4. The van der Waals surface area contributed by atoms with Crippen molar-refractivity contribution in [2.75, 3.05) is 0 Å². The Morgan fingerprint density at radius 1 is 0.500 bits per heavy atom. The van der Waals surface area contributed by atoms with E-state index in [2.05, 4.69) is 188 Å². The van der Waals surface area contributed by atoms with Gasteiger partial charge in [0.15, 0.2) is 0 Å². The molecular formula is C51H34N2O. The van der Waals surface area contributed by atoms with Gasteiger partial charge >= 0.3 is 0 Å². The Bertz CT molecular complexity index is 2790. The fourth-order valence-corrected chi connectivity index (χ4v) is 9.08. The molecule has 1 atom stereocenters. The molecule has 0 amide bonds. The monoisotopic (exact) mass is 690 g/mol. The first-order valence-electron chi connectivity index (χ1n) is 18.7. The molecule has 1 spiro atoms. The molecule has 0 saturated heterocycles. The van der Waals surface area contributed by atoms with Gasteiger partial charge < -0.3 is 4.74 Å². The van der Waals surface area contributed by atoms with E-state index in [0.717, 1.165) is 62.6 Å². The minimum Gasteiger partial charge on any atom is -0.456 e. The number of allylic oxidation sites excluding steroid dienone is 4. The van der Waals surface area contributed by atoms with Crippen molar-refractivity contribution in [1.29, 1.82) is 0 Å². The maximum atomic E-state index is 6.99. The molecular weight excluding hydrogens is 657 g/mol. The van der Waals surface area contributed by atoms with Crippen LogP contribution >= 0.6 is 0 Å². The van der Waals surface area contributed by atoms with E-state index >= 15 is 0 Å². The summed E-state index contributed by atoms with van der Waals surface area (Å²) in [7, 11) is 0. The third-order valence-corrected chi connectivity index (χ3v) is 11.5. The highest BCUT2D eigenvalue weighted by atomic mass is 16.5. The molecule has 3 nitrogen and oxygen atoms in total. The van der Waals surface area contributed by atoms with E-state index in [1.165, 1.54) is 38.9 Å². The number of ether oxygens (including phenoxy) is 1. The highest BCUT2D eigenvalue weighted by Gasteiger charge is 2.51. The minimum absolute atomic E-state index is 0.00873. The van der Waals surface area contributed by atoms with Gasteiger partial charge in [-0.15, -0.1) is 0 Å². The van der Waals surface area contributed by atoms with Gasteiger partial charge in [-0.1, -0.05) is 176 Å². The van der Waals surface area contributed by atoms with E-state index in [4.69, 9.17) is 14.7 Å². The average Bonchev–Trinajstić information content (AvgIpc) is 3.54. The van der Waals surface area contributed by atoms with Gasteiger partial charge in [0.1, 0.15) is 17.3 Å². The molecule has 54 heavy (non-hydrogen) atoms. The molecule has 2 heterocycles. The van der Waals surface area contributed by atoms with Crippen molar-refractivity contribution in [3.8, 4) is 45.0 Å². The normalized spacial score (nSPS) is 15.9. The van der Waals surface area contributed by atoms with E-state index in [-0.39, 0.29) is 5.92 Å². The Morgan fingerprint density at radius 3 is 1.91 bits per heavy atom.